The summed E-state index contributed by atoms with van der Waals surface area (Å²) in [6.07, 6.45) is 0.529. The number of hydrogen-bond acceptors (Lipinski definition) is 2. The SMILES string of the molecule is Cc1ccc2c(c1)[C@@H](O)CCNC2. The molecule has 0 amide bonds. The first kappa shape index (κ1) is 8.73. The lowest BCUT2D eigenvalue weighted by molar-refractivity contribution is 0.170. The molecule has 1 aromatic carbocycles. The van der Waals surface area contributed by atoms with Gasteiger partial charge in [0.25, 0.3) is 0 Å². The zero-order valence-electron chi connectivity index (χ0n) is 7.88. The molecule has 1 aromatic rings. The minimum absolute atomic E-state index is 0.287. The molecular formula is C11H15NO. The third-order valence-corrected chi connectivity index (χ3v) is 2.57. The fourth-order valence-corrected chi connectivity index (χ4v) is 1.80. The summed E-state index contributed by atoms with van der Waals surface area (Å²) >= 11 is 0. The Morgan fingerprint density at radius 1 is 1.46 bits per heavy atom. The number of aliphatic hydroxyl groups excluding tert-OH is 1. The van der Waals surface area contributed by atoms with Crippen LogP contribution in [-0.2, 0) is 6.54 Å². The molecule has 70 valence electrons. The van der Waals surface area contributed by atoms with Crippen LogP contribution in [0.1, 0.15) is 29.2 Å². The lowest BCUT2D eigenvalue weighted by atomic mass is 9.99. The molecule has 1 heterocycles. The highest BCUT2D eigenvalue weighted by Crippen LogP contribution is 2.24. The van der Waals surface area contributed by atoms with Gasteiger partial charge in [-0.05, 0) is 31.0 Å². The van der Waals surface area contributed by atoms with Crippen molar-refractivity contribution in [2.75, 3.05) is 6.54 Å². The molecule has 1 atom stereocenters. The van der Waals surface area contributed by atoms with E-state index >= 15 is 0 Å². The number of aliphatic hydroxyl groups is 1. The summed E-state index contributed by atoms with van der Waals surface area (Å²) in [6, 6.07) is 6.29. The maximum absolute atomic E-state index is 9.83. The molecule has 2 nitrogen and oxygen atoms in total. The van der Waals surface area contributed by atoms with Crippen molar-refractivity contribution >= 4 is 0 Å². The number of benzene rings is 1. The van der Waals surface area contributed by atoms with Crippen molar-refractivity contribution < 1.29 is 5.11 Å². The maximum atomic E-state index is 9.83. The third-order valence-electron chi connectivity index (χ3n) is 2.57. The molecule has 13 heavy (non-hydrogen) atoms. The summed E-state index contributed by atoms with van der Waals surface area (Å²) in [4.78, 5) is 0. The van der Waals surface area contributed by atoms with Crippen molar-refractivity contribution in [2.24, 2.45) is 0 Å². The quantitative estimate of drug-likeness (QED) is 0.629. The average Bonchev–Trinajstić information content (AvgIpc) is 2.29. The van der Waals surface area contributed by atoms with Crippen LogP contribution >= 0.6 is 0 Å². The van der Waals surface area contributed by atoms with Gasteiger partial charge in [0.1, 0.15) is 0 Å². The molecule has 0 aliphatic carbocycles. The lowest BCUT2D eigenvalue weighted by Crippen LogP contribution is -2.12. The molecule has 0 unspecified atom stereocenters. The molecule has 1 aliphatic rings. The normalized spacial score (nSPS) is 22.2. The van der Waals surface area contributed by atoms with E-state index in [2.05, 4.69) is 30.4 Å². The van der Waals surface area contributed by atoms with Gasteiger partial charge in [0.2, 0.25) is 0 Å². The van der Waals surface area contributed by atoms with Crippen LogP contribution in [0, 0.1) is 6.92 Å². The summed E-state index contributed by atoms with van der Waals surface area (Å²) in [7, 11) is 0. The Bertz CT molecular complexity index is 309. The summed E-state index contributed by atoms with van der Waals surface area (Å²) < 4.78 is 0. The van der Waals surface area contributed by atoms with Crippen molar-refractivity contribution in [3.63, 3.8) is 0 Å². The van der Waals surface area contributed by atoms with Crippen molar-refractivity contribution in [1.82, 2.24) is 5.32 Å². The molecule has 0 radical (unpaired) electrons. The molecule has 2 rings (SSSR count). The van der Waals surface area contributed by atoms with E-state index in [4.69, 9.17) is 0 Å². The Balaban J connectivity index is 2.43. The predicted molar refractivity (Wildman–Crippen MR) is 52.5 cm³/mol. The zero-order chi connectivity index (χ0) is 9.26. The second kappa shape index (κ2) is 3.48. The minimum Gasteiger partial charge on any atom is -0.388 e. The Kier molecular flexibility index (Phi) is 2.34. The van der Waals surface area contributed by atoms with E-state index in [9.17, 15) is 5.11 Å². The van der Waals surface area contributed by atoms with Crippen LogP contribution < -0.4 is 5.32 Å². The smallest absolute Gasteiger partial charge is 0.0805 e. The van der Waals surface area contributed by atoms with Crippen LogP contribution in [0.3, 0.4) is 0 Å². The molecular weight excluding hydrogens is 162 g/mol. The lowest BCUT2D eigenvalue weighted by Gasteiger charge is -2.11. The number of nitrogens with one attached hydrogen (secondary N) is 1. The average molecular weight is 177 g/mol. The molecule has 0 spiro atoms. The zero-order valence-corrected chi connectivity index (χ0v) is 7.88. The van der Waals surface area contributed by atoms with E-state index in [1.807, 2.05) is 0 Å². The molecule has 0 fully saturated rings. The molecule has 0 bridgehead atoms. The maximum Gasteiger partial charge on any atom is 0.0805 e. The van der Waals surface area contributed by atoms with E-state index in [-0.39, 0.29) is 6.10 Å². The fourth-order valence-electron chi connectivity index (χ4n) is 1.80. The van der Waals surface area contributed by atoms with Gasteiger partial charge in [0.15, 0.2) is 0 Å². The first-order valence-corrected chi connectivity index (χ1v) is 4.75. The monoisotopic (exact) mass is 177 g/mol. The van der Waals surface area contributed by atoms with Crippen molar-refractivity contribution in [3.8, 4) is 0 Å². The van der Waals surface area contributed by atoms with Crippen LogP contribution in [-0.4, -0.2) is 11.7 Å². The molecule has 2 heteroatoms. The van der Waals surface area contributed by atoms with E-state index in [0.717, 1.165) is 25.1 Å². The Morgan fingerprint density at radius 2 is 2.31 bits per heavy atom. The van der Waals surface area contributed by atoms with Gasteiger partial charge in [-0.3, -0.25) is 0 Å². The van der Waals surface area contributed by atoms with E-state index in [1.165, 1.54) is 11.1 Å². The van der Waals surface area contributed by atoms with Crippen LogP contribution in [0.2, 0.25) is 0 Å². The number of fused-ring (bicyclic) bond motifs is 1. The third kappa shape index (κ3) is 1.74. The van der Waals surface area contributed by atoms with Crippen LogP contribution in [0.25, 0.3) is 0 Å². The highest BCUT2D eigenvalue weighted by molar-refractivity contribution is 5.33. The topological polar surface area (TPSA) is 32.3 Å². The largest absolute Gasteiger partial charge is 0.388 e. The van der Waals surface area contributed by atoms with Gasteiger partial charge in [-0.1, -0.05) is 23.8 Å². The number of hydrogen-bond donors (Lipinski definition) is 2. The van der Waals surface area contributed by atoms with Crippen LogP contribution in [0.5, 0.6) is 0 Å². The van der Waals surface area contributed by atoms with Gasteiger partial charge < -0.3 is 10.4 Å². The highest BCUT2D eigenvalue weighted by Gasteiger charge is 2.15. The fraction of sp³-hybridized carbons (Fsp3) is 0.455. The first-order valence-electron chi connectivity index (χ1n) is 4.75. The van der Waals surface area contributed by atoms with Gasteiger partial charge in [-0.15, -0.1) is 0 Å². The summed E-state index contributed by atoms with van der Waals surface area (Å²) in [5.41, 5.74) is 3.56. The van der Waals surface area contributed by atoms with E-state index in [0.29, 0.717) is 0 Å². The van der Waals surface area contributed by atoms with Gasteiger partial charge in [-0.25, -0.2) is 0 Å². The van der Waals surface area contributed by atoms with E-state index < -0.39 is 0 Å². The molecule has 0 saturated heterocycles. The molecule has 2 N–H and O–H groups in total. The first-order chi connectivity index (χ1) is 6.27. The Labute approximate surface area is 78.6 Å². The Hall–Kier alpha value is -0.860. The van der Waals surface area contributed by atoms with E-state index in [1.54, 1.807) is 0 Å². The summed E-state index contributed by atoms with van der Waals surface area (Å²) in [5, 5.41) is 13.1. The van der Waals surface area contributed by atoms with Gasteiger partial charge in [0.05, 0.1) is 6.10 Å². The highest BCUT2D eigenvalue weighted by atomic mass is 16.3. The van der Waals surface area contributed by atoms with Gasteiger partial charge in [0, 0.05) is 6.54 Å². The van der Waals surface area contributed by atoms with Crippen LogP contribution in [0.15, 0.2) is 18.2 Å². The van der Waals surface area contributed by atoms with Crippen molar-refractivity contribution in [3.05, 3.63) is 34.9 Å². The summed E-state index contributed by atoms with van der Waals surface area (Å²) in [5.74, 6) is 0. The second-order valence-electron chi connectivity index (χ2n) is 3.68. The van der Waals surface area contributed by atoms with Gasteiger partial charge in [-0.2, -0.15) is 0 Å². The molecule has 0 aromatic heterocycles. The molecule has 1 aliphatic heterocycles. The predicted octanol–water partition coefficient (Wildman–Crippen LogP) is 1.52. The van der Waals surface area contributed by atoms with Crippen LogP contribution in [0.4, 0.5) is 0 Å². The Morgan fingerprint density at radius 3 is 3.15 bits per heavy atom. The summed E-state index contributed by atoms with van der Waals surface area (Å²) in [6.45, 7) is 3.84. The minimum atomic E-state index is -0.287. The van der Waals surface area contributed by atoms with Crippen molar-refractivity contribution in [2.45, 2.75) is 26.0 Å². The second-order valence-corrected chi connectivity index (χ2v) is 3.68. The number of rotatable bonds is 0. The van der Waals surface area contributed by atoms with Gasteiger partial charge >= 0.3 is 0 Å². The molecule has 0 saturated carbocycles. The van der Waals surface area contributed by atoms with Crippen molar-refractivity contribution in [1.29, 1.82) is 0 Å². The standard InChI is InChI=1S/C11H15NO/c1-8-2-3-9-7-12-5-4-11(13)10(9)6-8/h2-3,6,11-13H,4-5,7H2,1H3/t11-/m0/s1. The number of aryl methyl sites for hydroxylation is 1.